The highest BCUT2D eigenvalue weighted by Gasteiger charge is 2.11. The van der Waals surface area contributed by atoms with Crippen molar-refractivity contribution in [2.45, 2.75) is 0 Å². The first-order valence-corrected chi connectivity index (χ1v) is 7.32. The van der Waals surface area contributed by atoms with E-state index >= 15 is 0 Å². The number of benzene rings is 2. The van der Waals surface area contributed by atoms with E-state index in [1.54, 1.807) is 25.4 Å². The molecule has 0 spiro atoms. The average Bonchev–Trinajstić information content (AvgIpc) is 3.03. The van der Waals surface area contributed by atoms with Crippen molar-refractivity contribution < 1.29 is 4.79 Å². The molecule has 5 nitrogen and oxygen atoms in total. The Hall–Kier alpha value is -2.92. The van der Waals surface area contributed by atoms with Crippen LogP contribution in [0.15, 0.2) is 54.7 Å². The van der Waals surface area contributed by atoms with E-state index in [2.05, 4.69) is 20.3 Å². The monoisotopic (exact) mass is 338 g/mol. The molecule has 0 unspecified atom stereocenters. The highest BCUT2D eigenvalue weighted by atomic mass is 35.5. The molecule has 0 aliphatic heterocycles. The molecular formula is C18H15ClN4O. The topological polar surface area (TPSA) is 70.7 Å². The number of fused-ring (bicyclic) bond motifs is 2. The van der Waals surface area contributed by atoms with Gasteiger partial charge in [-0.3, -0.25) is 9.78 Å². The summed E-state index contributed by atoms with van der Waals surface area (Å²) in [5, 5.41) is 3.69. The van der Waals surface area contributed by atoms with Gasteiger partial charge in [-0.25, -0.2) is 4.98 Å². The molecule has 0 aliphatic rings. The first-order valence-electron chi connectivity index (χ1n) is 7.32. The number of amides is 1. The van der Waals surface area contributed by atoms with Crippen molar-refractivity contribution in [1.82, 2.24) is 20.3 Å². The van der Waals surface area contributed by atoms with Gasteiger partial charge in [-0.2, -0.15) is 0 Å². The van der Waals surface area contributed by atoms with Gasteiger partial charge in [0.25, 0.3) is 5.91 Å². The van der Waals surface area contributed by atoms with E-state index in [0.717, 1.165) is 33.3 Å². The number of hydrogen-bond acceptors (Lipinski definition) is 3. The van der Waals surface area contributed by atoms with Crippen LogP contribution in [-0.2, 0) is 0 Å². The number of rotatable bonds is 2. The molecule has 4 rings (SSSR count). The Morgan fingerprint density at radius 2 is 1.96 bits per heavy atom. The number of para-hydroxylation sites is 1. The number of aromatic nitrogens is 3. The molecular weight excluding hydrogens is 324 g/mol. The number of carbonyl (C=O) groups excluding carboxylic acids is 1. The molecule has 0 aliphatic carbocycles. The van der Waals surface area contributed by atoms with Crippen LogP contribution in [0.5, 0.6) is 0 Å². The van der Waals surface area contributed by atoms with Crippen LogP contribution in [0, 0.1) is 0 Å². The van der Waals surface area contributed by atoms with Crippen molar-refractivity contribution in [3.05, 3.63) is 60.3 Å². The summed E-state index contributed by atoms with van der Waals surface area (Å²) in [6.45, 7) is 0. The third-order valence-corrected chi connectivity index (χ3v) is 3.86. The number of halogens is 1. The summed E-state index contributed by atoms with van der Waals surface area (Å²) >= 11 is 0. The zero-order valence-corrected chi connectivity index (χ0v) is 13.7. The minimum absolute atomic E-state index is 0. The predicted octanol–water partition coefficient (Wildman–Crippen LogP) is 3.56. The molecule has 2 N–H and O–H groups in total. The van der Waals surface area contributed by atoms with Gasteiger partial charge in [0.1, 0.15) is 5.82 Å². The summed E-state index contributed by atoms with van der Waals surface area (Å²) < 4.78 is 0. The van der Waals surface area contributed by atoms with Crippen LogP contribution in [0.25, 0.3) is 33.3 Å². The molecule has 0 fully saturated rings. The van der Waals surface area contributed by atoms with Gasteiger partial charge in [0.05, 0.1) is 16.6 Å². The lowest BCUT2D eigenvalue weighted by Crippen LogP contribution is -2.17. The van der Waals surface area contributed by atoms with Crippen LogP contribution < -0.4 is 5.32 Å². The van der Waals surface area contributed by atoms with Gasteiger partial charge in [0.15, 0.2) is 0 Å². The summed E-state index contributed by atoms with van der Waals surface area (Å²) in [5.41, 5.74) is 4.09. The quantitative estimate of drug-likeness (QED) is 0.587. The summed E-state index contributed by atoms with van der Waals surface area (Å²) in [6.07, 6.45) is 1.78. The van der Waals surface area contributed by atoms with Gasteiger partial charge < -0.3 is 10.3 Å². The van der Waals surface area contributed by atoms with E-state index in [0.29, 0.717) is 5.56 Å². The number of carbonyl (C=O) groups is 1. The van der Waals surface area contributed by atoms with E-state index < -0.39 is 0 Å². The zero-order valence-electron chi connectivity index (χ0n) is 12.9. The van der Waals surface area contributed by atoms with Crippen LogP contribution in [0.3, 0.4) is 0 Å². The molecule has 6 heteroatoms. The van der Waals surface area contributed by atoms with Crippen molar-refractivity contribution in [2.24, 2.45) is 0 Å². The van der Waals surface area contributed by atoms with Gasteiger partial charge in [-0.1, -0.05) is 18.2 Å². The van der Waals surface area contributed by atoms with Crippen molar-refractivity contribution in [3.63, 3.8) is 0 Å². The summed E-state index contributed by atoms with van der Waals surface area (Å²) in [6, 6.07) is 15.4. The largest absolute Gasteiger partial charge is 0.355 e. The maximum absolute atomic E-state index is 11.7. The highest BCUT2D eigenvalue weighted by molar-refractivity contribution is 5.98. The molecule has 0 saturated heterocycles. The van der Waals surface area contributed by atoms with E-state index in [9.17, 15) is 4.79 Å². The fraction of sp³-hybridized carbons (Fsp3) is 0.0556. The highest BCUT2D eigenvalue weighted by Crippen LogP contribution is 2.27. The molecule has 120 valence electrons. The number of aromatic amines is 1. The predicted molar refractivity (Wildman–Crippen MR) is 97.5 cm³/mol. The lowest BCUT2D eigenvalue weighted by Gasteiger charge is -2.01. The van der Waals surface area contributed by atoms with Crippen molar-refractivity contribution in [2.75, 3.05) is 7.05 Å². The number of H-pyrrole nitrogens is 1. The van der Waals surface area contributed by atoms with Crippen molar-refractivity contribution >= 4 is 40.3 Å². The van der Waals surface area contributed by atoms with Gasteiger partial charge in [-0.15, -0.1) is 12.4 Å². The third kappa shape index (κ3) is 2.59. The minimum Gasteiger partial charge on any atom is -0.355 e. The molecule has 24 heavy (non-hydrogen) atoms. The Balaban J connectivity index is 0.00000169. The van der Waals surface area contributed by atoms with Crippen LogP contribution in [0.2, 0.25) is 0 Å². The van der Waals surface area contributed by atoms with E-state index in [1.165, 1.54) is 0 Å². The molecule has 0 radical (unpaired) electrons. The molecule has 2 heterocycles. The first kappa shape index (κ1) is 16.0. The molecule has 0 bridgehead atoms. The van der Waals surface area contributed by atoms with Crippen LogP contribution in [0.4, 0.5) is 0 Å². The number of nitrogens with one attached hydrogen (secondary N) is 2. The minimum atomic E-state index is -0.122. The number of pyridine rings is 1. The standard InChI is InChI=1S/C18H14N4O.ClH/c1-19-18(23)12-7-8-14-15(10-12)22-17(21-14)13-6-2-4-11-5-3-9-20-16(11)13;/h2-10H,1H3,(H,19,23)(H,21,22);1H. The van der Waals surface area contributed by atoms with Gasteiger partial charge in [-0.05, 0) is 30.3 Å². The molecule has 2 aromatic carbocycles. The smallest absolute Gasteiger partial charge is 0.251 e. The van der Waals surface area contributed by atoms with Crippen LogP contribution >= 0.6 is 12.4 Å². The van der Waals surface area contributed by atoms with Crippen LogP contribution in [-0.4, -0.2) is 27.9 Å². The zero-order chi connectivity index (χ0) is 15.8. The number of imidazole rings is 1. The van der Waals surface area contributed by atoms with Crippen LogP contribution in [0.1, 0.15) is 10.4 Å². The van der Waals surface area contributed by atoms with Gasteiger partial charge in [0, 0.05) is 29.8 Å². The maximum atomic E-state index is 11.7. The van der Waals surface area contributed by atoms with E-state index in [4.69, 9.17) is 0 Å². The second-order valence-corrected chi connectivity index (χ2v) is 5.28. The second-order valence-electron chi connectivity index (χ2n) is 5.28. The number of hydrogen-bond donors (Lipinski definition) is 2. The fourth-order valence-corrected chi connectivity index (χ4v) is 2.71. The Morgan fingerprint density at radius 1 is 1.12 bits per heavy atom. The summed E-state index contributed by atoms with van der Waals surface area (Å²) in [4.78, 5) is 24.2. The van der Waals surface area contributed by atoms with Gasteiger partial charge in [0.2, 0.25) is 0 Å². The average molecular weight is 339 g/mol. The first-order chi connectivity index (χ1) is 11.3. The summed E-state index contributed by atoms with van der Waals surface area (Å²) in [5.74, 6) is 0.627. The molecule has 1 amide bonds. The van der Waals surface area contributed by atoms with E-state index in [-0.39, 0.29) is 18.3 Å². The Kier molecular flexibility index (Phi) is 4.18. The molecule has 4 aromatic rings. The lowest BCUT2D eigenvalue weighted by molar-refractivity contribution is 0.0963. The SMILES string of the molecule is CNC(=O)c1ccc2[nH]c(-c3cccc4cccnc34)nc2c1.Cl. The Bertz CT molecular complexity index is 1040. The van der Waals surface area contributed by atoms with E-state index in [1.807, 2.05) is 36.4 Å². The third-order valence-electron chi connectivity index (χ3n) is 3.86. The Morgan fingerprint density at radius 3 is 2.79 bits per heavy atom. The Labute approximate surface area is 144 Å². The second kappa shape index (κ2) is 6.29. The normalized spacial score (nSPS) is 10.5. The van der Waals surface area contributed by atoms with Crippen molar-refractivity contribution in [1.29, 1.82) is 0 Å². The summed E-state index contributed by atoms with van der Waals surface area (Å²) in [7, 11) is 1.62. The van der Waals surface area contributed by atoms with Crippen molar-refractivity contribution in [3.8, 4) is 11.4 Å². The van der Waals surface area contributed by atoms with Gasteiger partial charge >= 0.3 is 0 Å². The molecule has 2 aromatic heterocycles. The lowest BCUT2D eigenvalue weighted by atomic mass is 10.1. The number of nitrogens with zero attached hydrogens (tertiary/aromatic N) is 2. The fourth-order valence-electron chi connectivity index (χ4n) is 2.71. The molecule has 0 atom stereocenters. The molecule has 0 saturated carbocycles. The maximum Gasteiger partial charge on any atom is 0.251 e.